The average Bonchev–Trinajstić information content (AvgIpc) is 2.38. The van der Waals surface area contributed by atoms with E-state index in [1.54, 1.807) is 12.1 Å². The van der Waals surface area contributed by atoms with Crippen LogP contribution in [-0.4, -0.2) is 30.4 Å². The summed E-state index contributed by atoms with van der Waals surface area (Å²) in [6.45, 7) is 6.73. The standard InChI is InChI=1S/C15H21Cl2N3O/c1-9-3-4-20(7-10(9)2)8-14(21)19-15-12(16)5-11(18)6-13(15)17/h5-6,9-10H,3-4,7-8,18H2,1-2H3,(H,19,21). The summed E-state index contributed by atoms with van der Waals surface area (Å²) >= 11 is 12.1. The lowest BCUT2D eigenvalue weighted by Crippen LogP contribution is -2.42. The fraction of sp³-hybridized carbons (Fsp3) is 0.533. The molecule has 2 atom stereocenters. The van der Waals surface area contributed by atoms with Crippen molar-refractivity contribution in [2.45, 2.75) is 20.3 Å². The molecule has 0 spiro atoms. The van der Waals surface area contributed by atoms with Gasteiger partial charge in [0.15, 0.2) is 0 Å². The molecule has 6 heteroatoms. The van der Waals surface area contributed by atoms with Crippen LogP contribution in [0.3, 0.4) is 0 Å². The molecule has 1 aliphatic heterocycles. The van der Waals surface area contributed by atoms with Crippen molar-refractivity contribution in [3.05, 3.63) is 22.2 Å². The van der Waals surface area contributed by atoms with E-state index in [-0.39, 0.29) is 5.91 Å². The summed E-state index contributed by atoms with van der Waals surface area (Å²) in [5.74, 6) is 1.21. The molecule has 0 aliphatic carbocycles. The highest BCUT2D eigenvalue weighted by Crippen LogP contribution is 2.32. The number of halogens is 2. The number of likely N-dealkylation sites (tertiary alicyclic amines) is 1. The van der Waals surface area contributed by atoms with Crippen LogP contribution in [0.1, 0.15) is 20.3 Å². The van der Waals surface area contributed by atoms with Crippen molar-refractivity contribution in [2.75, 3.05) is 30.7 Å². The summed E-state index contributed by atoms with van der Waals surface area (Å²) in [6, 6.07) is 3.15. The monoisotopic (exact) mass is 329 g/mol. The second-order valence-electron chi connectivity index (χ2n) is 5.89. The molecule has 21 heavy (non-hydrogen) atoms. The zero-order chi connectivity index (χ0) is 15.6. The van der Waals surface area contributed by atoms with E-state index >= 15 is 0 Å². The Balaban J connectivity index is 1.96. The Morgan fingerprint density at radius 2 is 1.95 bits per heavy atom. The molecule has 1 aliphatic rings. The molecule has 0 radical (unpaired) electrons. The number of anilines is 2. The Morgan fingerprint density at radius 3 is 2.52 bits per heavy atom. The Kier molecular flexibility index (Phi) is 5.36. The number of carbonyl (C=O) groups excluding carboxylic acids is 1. The van der Waals surface area contributed by atoms with E-state index in [0.717, 1.165) is 19.5 Å². The van der Waals surface area contributed by atoms with Crippen molar-refractivity contribution in [2.24, 2.45) is 11.8 Å². The Labute approximate surface area is 135 Å². The maximum absolute atomic E-state index is 12.2. The molecule has 2 rings (SSSR count). The summed E-state index contributed by atoms with van der Waals surface area (Å²) < 4.78 is 0. The number of rotatable bonds is 3. The zero-order valence-corrected chi connectivity index (χ0v) is 13.8. The van der Waals surface area contributed by atoms with Crippen LogP contribution in [-0.2, 0) is 4.79 Å². The number of hydrogen-bond acceptors (Lipinski definition) is 3. The molecule has 1 heterocycles. The smallest absolute Gasteiger partial charge is 0.238 e. The molecule has 116 valence electrons. The number of nitrogens with two attached hydrogens (primary N) is 1. The number of piperidine rings is 1. The lowest BCUT2D eigenvalue weighted by atomic mass is 9.89. The maximum atomic E-state index is 12.2. The number of nitrogen functional groups attached to an aromatic ring is 1. The summed E-state index contributed by atoms with van der Waals surface area (Å²) in [6.07, 6.45) is 1.12. The van der Waals surface area contributed by atoms with Crippen molar-refractivity contribution in [1.82, 2.24) is 4.90 Å². The molecule has 4 nitrogen and oxygen atoms in total. The number of nitrogens with zero attached hydrogens (tertiary/aromatic N) is 1. The van der Waals surface area contributed by atoms with Gasteiger partial charge >= 0.3 is 0 Å². The first kappa shape index (κ1) is 16.4. The number of benzene rings is 1. The summed E-state index contributed by atoms with van der Waals surface area (Å²) in [5.41, 5.74) is 6.55. The quantitative estimate of drug-likeness (QED) is 0.834. The lowest BCUT2D eigenvalue weighted by Gasteiger charge is -2.34. The van der Waals surface area contributed by atoms with E-state index in [4.69, 9.17) is 28.9 Å². The van der Waals surface area contributed by atoms with Gasteiger partial charge in [-0.25, -0.2) is 0 Å². The van der Waals surface area contributed by atoms with E-state index in [1.807, 2.05) is 0 Å². The number of amides is 1. The third-order valence-corrected chi connectivity index (χ3v) is 4.71. The molecule has 1 amide bonds. The SMILES string of the molecule is CC1CCN(CC(=O)Nc2c(Cl)cc(N)cc2Cl)CC1C. The summed E-state index contributed by atoms with van der Waals surface area (Å²) in [4.78, 5) is 14.3. The van der Waals surface area contributed by atoms with Crippen molar-refractivity contribution >= 4 is 40.5 Å². The van der Waals surface area contributed by atoms with E-state index in [2.05, 4.69) is 24.1 Å². The van der Waals surface area contributed by atoms with Gasteiger partial charge in [-0.3, -0.25) is 9.69 Å². The Hall–Kier alpha value is -0.970. The van der Waals surface area contributed by atoms with Gasteiger partial charge in [0, 0.05) is 12.2 Å². The van der Waals surface area contributed by atoms with Crippen LogP contribution in [0.4, 0.5) is 11.4 Å². The second-order valence-corrected chi connectivity index (χ2v) is 6.70. The first-order chi connectivity index (χ1) is 9.86. The third kappa shape index (κ3) is 4.25. The highest BCUT2D eigenvalue weighted by Gasteiger charge is 2.24. The van der Waals surface area contributed by atoms with E-state index in [9.17, 15) is 4.79 Å². The predicted octanol–water partition coefficient (Wildman–Crippen LogP) is 3.49. The largest absolute Gasteiger partial charge is 0.399 e. The first-order valence-electron chi connectivity index (χ1n) is 7.13. The van der Waals surface area contributed by atoms with Gasteiger partial charge in [0.05, 0.1) is 22.3 Å². The van der Waals surface area contributed by atoms with Gasteiger partial charge in [-0.2, -0.15) is 0 Å². The molecular weight excluding hydrogens is 309 g/mol. The molecule has 2 unspecified atom stereocenters. The van der Waals surface area contributed by atoms with Gasteiger partial charge in [-0.15, -0.1) is 0 Å². The Bertz CT molecular complexity index is 513. The molecule has 3 N–H and O–H groups in total. The fourth-order valence-corrected chi connectivity index (χ4v) is 3.19. The van der Waals surface area contributed by atoms with Crippen LogP contribution < -0.4 is 11.1 Å². The van der Waals surface area contributed by atoms with Crippen molar-refractivity contribution in [3.8, 4) is 0 Å². The van der Waals surface area contributed by atoms with Gasteiger partial charge in [-0.05, 0) is 36.9 Å². The normalized spacial score (nSPS) is 23.0. The summed E-state index contributed by atoms with van der Waals surface area (Å²) in [5, 5.41) is 3.49. The average molecular weight is 330 g/mol. The number of nitrogens with one attached hydrogen (secondary N) is 1. The fourth-order valence-electron chi connectivity index (χ4n) is 2.59. The summed E-state index contributed by atoms with van der Waals surface area (Å²) in [7, 11) is 0. The molecule has 0 saturated carbocycles. The van der Waals surface area contributed by atoms with Gasteiger partial charge in [0.1, 0.15) is 0 Å². The predicted molar refractivity (Wildman–Crippen MR) is 88.9 cm³/mol. The minimum atomic E-state index is -0.106. The number of hydrogen-bond donors (Lipinski definition) is 2. The maximum Gasteiger partial charge on any atom is 0.238 e. The minimum Gasteiger partial charge on any atom is -0.399 e. The van der Waals surface area contributed by atoms with Gasteiger partial charge < -0.3 is 11.1 Å². The van der Waals surface area contributed by atoms with E-state index < -0.39 is 0 Å². The van der Waals surface area contributed by atoms with Crippen molar-refractivity contribution in [1.29, 1.82) is 0 Å². The van der Waals surface area contributed by atoms with Crippen LogP contribution >= 0.6 is 23.2 Å². The minimum absolute atomic E-state index is 0.106. The highest BCUT2D eigenvalue weighted by molar-refractivity contribution is 6.40. The van der Waals surface area contributed by atoms with Crippen molar-refractivity contribution in [3.63, 3.8) is 0 Å². The topological polar surface area (TPSA) is 58.4 Å². The Morgan fingerprint density at radius 1 is 1.33 bits per heavy atom. The van der Waals surface area contributed by atoms with Crippen molar-refractivity contribution < 1.29 is 4.79 Å². The lowest BCUT2D eigenvalue weighted by molar-refractivity contribution is -0.117. The number of carbonyl (C=O) groups is 1. The van der Waals surface area contributed by atoms with Gasteiger partial charge in [0.25, 0.3) is 0 Å². The molecule has 1 aromatic rings. The first-order valence-corrected chi connectivity index (χ1v) is 7.89. The van der Waals surface area contributed by atoms with E-state index in [0.29, 0.717) is 39.8 Å². The molecule has 0 aromatic heterocycles. The molecule has 1 fully saturated rings. The van der Waals surface area contributed by atoms with Crippen LogP contribution in [0, 0.1) is 11.8 Å². The van der Waals surface area contributed by atoms with Crippen LogP contribution in [0.2, 0.25) is 10.0 Å². The van der Waals surface area contributed by atoms with E-state index in [1.165, 1.54) is 0 Å². The van der Waals surface area contributed by atoms with Crippen LogP contribution in [0.25, 0.3) is 0 Å². The van der Waals surface area contributed by atoms with Crippen LogP contribution in [0.15, 0.2) is 12.1 Å². The van der Waals surface area contributed by atoms with Crippen LogP contribution in [0.5, 0.6) is 0 Å². The second kappa shape index (κ2) is 6.86. The van der Waals surface area contributed by atoms with Gasteiger partial charge in [0.2, 0.25) is 5.91 Å². The third-order valence-electron chi connectivity index (χ3n) is 4.11. The zero-order valence-electron chi connectivity index (χ0n) is 12.3. The molecule has 1 saturated heterocycles. The van der Waals surface area contributed by atoms with Gasteiger partial charge in [-0.1, -0.05) is 37.0 Å². The molecule has 1 aromatic carbocycles. The highest BCUT2D eigenvalue weighted by atomic mass is 35.5. The molecular formula is C15H21Cl2N3O. The molecule has 0 bridgehead atoms.